The molecule has 0 aromatic carbocycles. The zero-order valence-corrected chi connectivity index (χ0v) is 4.73. The summed E-state index contributed by atoms with van der Waals surface area (Å²) in [7, 11) is 1.97. The summed E-state index contributed by atoms with van der Waals surface area (Å²) < 4.78 is 0. The molecule has 1 nitrogen and oxygen atoms in total. The van der Waals surface area contributed by atoms with Crippen LogP contribution in [0.25, 0.3) is 0 Å². The molecule has 1 heteroatoms. The molecule has 0 saturated heterocycles. The van der Waals surface area contributed by atoms with Gasteiger partial charge in [0, 0.05) is 12.0 Å². The van der Waals surface area contributed by atoms with Crippen molar-refractivity contribution in [2.45, 2.75) is 13.0 Å². The molecule has 1 rings (SSSR count). The highest BCUT2D eigenvalue weighted by Crippen LogP contribution is 2.17. The first-order chi connectivity index (χ1) is 3.34. The quantitative estimate of drug-likeness (QED) is 0.507. The largest absolute Gasteiger partial charge is 0.313 e. The standard InChI is InChI=1S/C6H10N/c1-5-3-4-6(5)7-2/h3-4,6-7H,1-2H3. The Morgan fingerprint density at radius 2 is 2.43 bits per heavy atom. The number of hydrogen-bond acceptors (Lipinski definition) is 1. The molecule has 0 aliphatic heterocycles. The fourth-order valence-electron chi connectivity index (χ4n) is 0.709. The van der Waals surface area contributed by atoms with E-state index in [0.29, 0.717) is 6.04 Å². The van der Waals surface area contributed by atoms with Crippen molar-refractivity contribution in [3.05, 3.63) is 18.1 Å². The molecule has 7 heavy (non-hydrogen) atoms. The highest BCUT2D eigenvalue weighted by Gasteiger charge is 2.16. The van der Waals surface area contributed by atoms with Gasteiger partial charge >= 0.3 is 0 Å². The van der Waals surface area contributed by atoms with Crippen LogP contribution in [0.5, 0.6) is 0 Å². The van der Waals surface area contributed by atoms with Crippen LogP contribution in [0.2, 0.25) is 0 Å². The highest BCUT2D eigenvalue weighted by atomic mass is 14.9. The highest BCUT2D eigenvalue weighted by molar-refractivity contribution is 5.30. The third kappa shape index (κ3) is 0.682. The summed E-state index contributed by atoms with van der Waals surface area (Å²) in [6, 6.07) is 0.569. The van der Waals surface area contributed by atoms with Gasteiger partial charge in [0.1, 0.15) is 0 Å². The Bertz CT molecular complexity index is 86.2. The summed E-state index contributed by atoms with van der Waals surface area (Å²) in [5.74, 6) is 1.43. The van der Waals surface area contributed by atoms with Crippen molar-refractivity contribution in [1.29, 1.82) is 0 Å². The van der Waals surface area contributed by atoms with E-state index >= 15 is 0 Å². The molecular formula is C6H10N. The summed E-state index contributed by atoms with van der Waals surface area (Å²) in [5, 5.41) is 3.13. The lowest BCUT2D eigenvalue weighted by Crippen LogP contribution is -2.32. The summed E-state index contributed by atoms with van der Waals surface area (Å²) >= 11 is 0. The topological polar surface area (TPSA) is 12.0 Å². The van der Waals surface area contributed by atoms with Crippen molar-refractivity contribution < 1.29 is 0 Å². The average Bonchev–Trinajstić information content (AvgIpc) is 1.65. The van der Waals surface area contributed by atoms with E-state index in [2.05, 4.69) is 24.4 Å². The molecule has 0 aromatic rings. The van der Waals surface area contributed by atoms with Gasteiger partial charge in [-0.3, -0.25) is 0 Å². The SMILES string of the molecule is CNC1C=C[C]1C. The van der Waals surface area contributed by atoms with E-state index in [1.54, 1.807) is 0 Å². The van der Waals surface area contributed by atoms with Crippen LogP contribution in [0.1, 0.15) is 6.92 Å². The summed E-state index contributed by atoms with van der Waals surface area (Å²) in [6.07, 6.45) is 4.27. The minimum atomic E-state index is 0.569. The fourth-order valence-corrected chi connectivity index (χ4v) is 0.709. The maximum Gasteiger partial charge on any atom is 0.0345 e. The molecule has 39 valence electrons. The number of nitrogens with one attached hydrogen (secondary N) is 1. The maximum atomic E-state index is 3.13. The van der Waals surface area contributed by atoms with Gasteiger partial charge in [0.15, 0.2) is 0 Å². The molecule has 1 aliphatic carbocycles. The van der Waals surface area contributed by atoms with E-state index < -0.39 is 0 Å². The Kier molecular flexibility index (Phi) is 1.15. The van der Waals surface area contributed by atoms with Gasteiger partial charge in [0.25, 0.3) is 0 Å². The van der Waals surface area contributed by atoms with Crippen LogP contribution in [0, 0.1) is 5.92 Å². The van der Waals surface area contributed by atoms with Crippen molar-refractivity contribution in [3.63, 3.8) is 0 Å². The van der Waals surface area contributed by atoms with E-state index in [9.17, 15) is 0 Å². The van der Waals surface area contributed by atoms with Crippen molar-refractivity contribution in [1.82, 2.24) is 5.32 Å². The average molecular weight is 96.2 g/mol. The minimum absolute atomic E-state index is 0.569. The molecule has 1 N–H and O–H groups in total. The van der Waals surface area contributed by atoms with Gasteiger partial charge in [-0.25, -0.2) is 0 Å². The lowest BCUT2D eigenvalue weighted by atomic mass is 9.91. The van der Waals surface area contributed by atoms with Gasteiger partial charge in [-0.05, 0) is 7.05 Å². The van der Waals surface area contributed by atoms with E-state index in [1.165, 1.54) is 5.92 Å². The van der Waals surface area contributed by atoms with Gasteiger partial charge in [-0.2, -0.15) is 0 Å². The Balaban J connectivity index is 2.33. The molecule has 0 saturated carbocycles. The third-order valence-electron chi connectivity index (χ3n) is 1.35. The second-order valence-corrected chi connectivity index (χ2v) is 1.87. The minimum Gasteiger partial charge on any atom is -0.313 e. The zero-order chi connectivity index (χ0) is 5.28. The van der Waals surface area contributed by atoms with Crippen molar-refractivity contribution in [2.75, 3.05) is 7.05 Å². The van der Waals surface area contributed by atoms with Crippen LogP contribution >= 0.6 is 0 Å². The number of hydrogen-bond donors (Lipinski definition) is 1. The lowest BCUT2D eigenvalue weighted by Gasteiger charge is -2.23. The second-order valence-electron chi connectivity index (χ2n) is 1.87. The van der Waals surface area contributed by atoms with Crippen LogP contribution in [0.15, 0.2) is 12.2 Å². The monoisotopic (exact) mass is 96.1 g/mol. The van der Waals surface area contributed by atoms with Crippen LogP contribution in [0.4, 0.5) is 0 Å². The molecular weight excluding hydrogens is 86.1 g/mol. The zero-order valence-electron chi connectivity index (χ0n) is 4.73. The van der Waals surface area contributed by atoms with E-state index in [4.69, 9.17) is 0 Å². The van der Waals surface area contributed by atoms with Gasteiger partial charge in [0.2, 0.25) is 0 Å². The molecule has 1 radical (unpaired) electrons. The Hall–Kier alpha value is -0.300. The predicted molar refractivity (Wildman–Crippen MR) is 30.9 cm³/mol. The molecule has 0 aromatic heterocycles. The summed E-state index contributed by atoms with van der Waals surface area (Å²) in [4.78, 5) is 0. The Morgan fingerprint density at radius 3 is 2.43 bits per heavy atom. The number of likely N-dealkylation sites (N-methyl/N-ethyl adjacent to an activating group) is 1. The molecule has 0 fully saturated rings. The Morgan fingerprint density at radius 1 is 1.71 bits per heavy atom. The van der Waals surface area contributed by atoms with Gasteiger partial charge < -0.3 is 5.32 Å². The predicted octanol–water partition coefficient (Wildman–Crippen LogP) is 0.739. The fraction of sp³-hybridized carbons (Fsp3) is 0.500. The van der Waals surface area contributed by atoms with Crippen LogP contribution < -0.4 is 5.32 Å². The van der Waals surface area contributed by atoms with Crippen LogP contribution in [-0.4, -0.2) is 13.1 Å². The van der Waals surface area contributed by atoms with Crippen LogP contribution in [0.3, 0.4) is 0 Å². The van der Waals surface area contributed by atoms with Crippen LogP contribution in [-0.2, 0) is 0 Å². The van der Waals surface area contributed by atoms with E-state index in [0.717, 1.165) is 0 Å². The normalized spacial score (nSPS) is 30.3. The first-order valence-electron chi connectivity index (χ1n) is 2.53. The van der Waals surface area contributed by atoms with Crippen molar-refractivity contribution in [2.24, 2.45) is 0 Å². The van der Waals surface area contributed by atoms with Gasteiger partial charge in [-0.15, -0.1) is 0 Å². The Labute approximate surface area is 44.4 Å². The first kappa shape index (κ1) is 4.85. The maximum absolute atomic E-state index is 3.13. The lowest BCUT2D eigenvalue weighted by molar-refractivity contribution is 0.666. The summed E-state index contributed by atoms with van der Waals surface area (Å²) in [5.41, 5.74) is 0. The summed E-state index contributed by atoms with van der Waals surface area (Å²) in [6.45, 7) is 2.13. The molecule has 1 aliphatic rings. The smallest absolute Gasteiger partial charge is 0.0345 e. The molecule has 1 unspecified atom stereocenters. The molecule has 0 bridgehead atoms. The third-order valence-corrected chi connectivity index (χ3v) is 1.35. The van der Waals surface area contributed by atoms with Gasteiger partial charge in [-0.1, -0.05) is 19.1 Å². The van der Waals surface area contributed by atoms with Crippen molar-refractivity contribution >= 4 is 0 Å². The molecule has 0 amide bonds. The van der Waals surface area contributed by atoms with Crippen molar-refractivity contribution in [3.8, 4) is 0 Å². The molecule has 0 spiro atoms. The van der Waals surface area contributed by atoms with Gasteiger partial charge in [0.05, 0.1) is 0 Å². The molecule has 0 heterocycles. The second kappa shape index (κ2) is 1.66. The number of rotatable bonds is 1. The van der Waals surface area contributed by atoms with E-state index in [1.807, 2.05) is 7.05 Å². The van der Waals surface area contributed by atoms with E-state index in [-0.39, 0.29) is 0 Å². The molecule has 1 atom stereocenters. The first-order valence-corrected chi connectivity index (χ1v) is 2.53.